The van der Waals surface area contributed by atoms with Gasteiger partial charge in [-0.05, 0) is 28.1 Å². The monoisotopic (exact) mass is 266 g/mol. The van der Waals surface area contributed by atoms with E-state index < -0.39 is 0 Å². The zero-order chi connectivity index (χ0) is 9.80. The van der Waals surface area contributed by atoms with Gasteiger partial charge in [0.25, 0.3) is 0 Å². The topological polar surface area (TPSA) is 25.8 Å². The molecule has 0 N–H and O–H groups in total. The van der Waals surface area contributed by atoms with Crippen molar-refractivity contribution in [2.45, 2.75) is 9.92 Å². The van der Waals surface area contributed by atoms with Crippen LogP contribution in [0.3, 0.4) is 0 Å². The van der Waals surface area contributed by atoms with Gasteiger partial charge in [-0.25, -0.2) is 9.97 Å². The number of hydrogen-bond donors (Lipinski definition) is 0. The quantitative estimate of drug-likeness (QED) is 0.834. The van der Waals surface area contributed by atoms with Crippen LogP contribution in [0.4, 0.5) is 0 Å². The Morgan fingerprint density at radius 1 is 1.00 bits per heavy atom. The van der Waals surface area contributed by atoms with E-state index in [1.807, 2.05) is 30.3 Å². The first-order chi connectivity index (χ1) is 6.86. The predicted molar refractivity (Wildman–Crippen MR) is 60.3 cm³/mol. The third-order valence-corrected chi connectivity index (χ3v) is 3.42. The van der Waals surface area contributed by atoms with Crippen molar-refractivity contribution in [3.63, 3.8) is 0 Å². The number of aromatic nitrogens is 2. The van der Waals surface area contributed by atoms with Gasteiger partial charge in [-0.3, -0.25) is 0 Å². The second kappa shape index (κ2) is 4.57. The van der Waals surface area contributed by atoms with Gasteiger partial charge >= 0.3 is 0 Å². The van der Waals surface area contributed by atoms with Gasteiger partial charge in [-0.15, -0.1) is 0 Å². The highest BCUT2D eigenvalue weighted by atomic mass is 79.9. The highest BCUT2D eigenvalue weighted by Crippen LogP contribution is 2.29. The van der Waals surface area contributed by atoms with Crippen LogP contribution in [0.1, 0.15) is 0 Å². The average Bonchev–Trinajstić information content (AvgIpc) is 2.23. The standard InChI is InChI=1S/C10H7BrN2S/c11-9-10(13-7-6-12-9)14-8-4-2-1-3-5-8/h1-7H. The Bertz CT molecular complexity index is 419. The second-order valence-corrected chi connectivity index (χ2v) is 4.38. The molecule has 0 fully saturated rings. The minimum Gasteiger partial charge on any atom is -0.245 e. The fraction of sp³-hybridized carbons (Fsp3) is 0. The van der Waals surface area contributed by atoms with E-state index in [2.05, 4.69) is 25.9 Å². The Morgan fingerprint density at radius 2 is 1.71 bits per heavy atom. The fourth-order valence-electron chi connectivity index (χ4n) is 0.977. The molecule has 2 rings (SSSR count). The molecule has 0 aliphatic heterocycles. The summed E-state index contributed by atoms with van der Waals surface area (Å²) in [7, 11) is 0. The molecule has 0 atom stereocenters. The summed E-state index contributed by atoms with van der Waals surface area (Å²) >= 11 is 4.95. The van der Waals surface area contributed by atoms with Crippen molar-refractivity contribution < 1.29 is 0 Å². The van der Waals surface area contributed by atoms with Crippen molar-refractivity contribution >= 4 is 27.7 Å². The van der Waals surface area contributed by atoms with Crippen LogP contribution >= 0.6 is 27.7 Å². The SMILES string of the molecule is Brc1nccnc1Sc1ccccc1. The van der Waals surface area contributed by atoms with E-state index in [9.17, 15) is 0 Å². The van der Waals surface area contributed by atoms with Gasteiger partial charge < -0.3 is 0 Å². The molecule has 0 spiro atoms. The highest BCUT2D eigenvalue weighted by Gasteiger charge is 2.02. The lowest BCUT2D eigenvalue weighted by molar-refractivity contribution is 1.02. The molecule has 1 heterocycles. The van der Waals surface area contributed by atoms with Crippen LogP contribution in [0, 0.1) is 0 Å². The van der Waals surface area contributed by atoms with Crippen molar-refractivity contribution in [2.75, 3.05) is 0 Å². The molecule has 1 aromatic heterocycles. The molecule has 0 saturated heterocycles. The Hall–Kier alpha value is -0.870. The fourth-order valence-corrected chi connectivity index (χ4v) is 2.21. The van der Waals surface area contributed by atoms with Crippen molar-refractivity contribution in [3.8, 4) is 0 Å². The normalized spacial score (nSPS) is 10.1. The van der Waals surface area contributed by atoms with Gasteiger partial charge in [-0.1, -0.05) is 30.0 Å². The number of nitrogens with zero attached hydrogens (tertiary/aromatic N) is 2. The first-order valence-electron chi connectivity index (χ1n) is 4.05. The van der Waals surface area contributed by atoms with E-state index in [1.165, 1.54) is 0 Å². The molecule has 0 saturated carbocycles. The number of halogens is 1. The second-order valence-electron chi connectivity index (χ2n) is 2.57. The highest BCUT2D eigenvalue weighted by molar-refractivity contribution is 9.10. The van der Waals surface area contributed by atoms with Crippen LogP contribution in [-0.2, 0) is 0 Å². The molecule has 0 bridgehead atoms. The Labute approximate surface area is 94.9 Å². The van der Waals surface area contributed by atoms with E-state index in [0.717, 1.165) is 14.5 Å². The van der Waals surface area contributed by atoms with Crippen LogP contribution < -0.4 is 0 Å². The molecule has 14 heavy (non-hydrogen) atoms. The molecule has 4 heteroatoms. The minimum atomic E-state index is 0.786. The van der Waals surface area contributed by atoms with Crippen molar-refractivity contribution in [3.05, 3.63) is 47.3 Å². The van der Waals surface area contributed by atoms with Crippen LogP contribution in [0.2, 0.25) is 0 Å². The van der Waals surface area contributed by atoms with Gasteiger partial charge in [0.1, 0.15) is 9.63 Å². The number of hydrogen-bond acceptors (Lipinski definition) is 3. The maximum absolute atomic E-state index is 4.23. The van der Waals surface area contributed by atoms with Crippen LogP contribution in [0.5, 0.6) is 0 Å². The van der Waals surface area contributed by atoms with E-state index >= 15 is 0 Å². The molecule has 1 aromatic carbocycles. The van der Waals surface area contributed by atoms with E-state index in [0.29, 0.717) is 0 Å². The lowest BCUT2D eigenvalue weighted by atomic mass is 10.4. The van der Waals surface area contributed by atoms with E-state index in [1.54, 1.807) is 24.2 Å². The number of rotatable bonds is 2. The Balaban J connectivity index is 2.24. The summed E-state index contributed by atoms with van der Waals surface area (Å²) in [6.07, 6.45) is 3.36. The summed E-state index contributed by atoms with van der Waals surface area (Å²) in [6, 6.07) is 10.1. The van der Waals surface area contributed by atoms with Crippen molar-refractivity contribution in [1.82, 2.24) is 9.97 Å². The van der Waals surface area contributed by atoms with Crippen molar-refractivity contribution in [2.24, 2.45) is 0 Å². The smallest absolute Gasteiger partial charge is 0.138 e. The molecule has 0 amide bonds. The van der Waals surface area contributed by atoms with Gasteiger partial charge in [0.15, 0.2) is 0 Å². The van der Waals surface area contributed by atoms with Gasteiger partial charge in [0, 0.05) is 17.3 Å². The molecular formula is C10H7BrN2S. The van der Waals surface area contributed by atoms with E-state index in [-0.39, 0.29) is 0 Å². The van der Waals surface area contributed by atoms with E-state index in [4.69, 9.17) is 0 Å². The summed E-state index contributed by atoms with van der Waals surface area (Å²) in [5.74, 6) is 0. The lowest BCUT2D eigenvalue weighted by Crippen LogP contribution is -1.83. The number of benzene rings is 1. The summed E-state index contributed by atoms with van der Waals surface area (Å²) < 4.78 is 0.786. The lowest BCUT2D eigenvalue weighted by Gasteiger charge is -2.00. The first kappa shape index (κ1) is 9.68. The van der Waals surface area contributed by atoms with Gasteiger partial charge in [0.2, 0.25) is 0 Å². The Kier molecular flexibility index (Phi) is 3.16. The van der Waals surface area contributed by atoms with Crippen LogP contribution in [-0.4, -0.2) is 9.97 Å². The minimum absolute atomic E-state index is 0.786. The molecule has 0 unspecified atom stereocenters. The van der Waals surface area contributed by atoms with Crippen LogP contribution in [0.15, 0.2) is 57.3 Å². The molecule has 0 aliphatic carbocycles. The first-order valence-corrected chi connectivity index (χ1v) is 5.66. The maximum atomic E-state index is 4.23. The maximum Gasteiger partial charge on any atom is 0.138 e. The summed E-state index contributed by atoms with van der Waals surface area (Å²) in [4.78, 5) is 9.50. The zero-order valence-corrected chi connectivity index (χ0v) is 9.62. The summed E-state index contributed by atoms with van der Waals surface area (Å²) in [6.45, 7) is 0. The molecule has 70 valence electrons. The molecule has 0 aliphatic rings. The molecule has 0 radical (unpaired) electrons. The molecule has 2 nitrogen and oxygen atoms in total. The van der Waals surface area contributed by atoms with Gasteiger partial charge in [0.05, 0.1) is 0 Å². The average molecular weight is 267 g/mol. The van der Waals surface area contributed by atoms with Gasteiger partial charge in [-0.2, -0.15) is 0 Å². The van der Waals surface area contributed by atoms with Crippen LogP contribution in [0.25, 0.3) is 0 Å². The zero-order valence-electron chi connectivity index (χ0n) is 7.22. The third kappa shape index (κ3) is 2.33. The molecule has 2 aromatic rings. The summed E-state index contributed by atoms with van der Waals surface area (Å²) in [5.41, 5.74) is 0. The molecular weight excluding hydrogens is 260 g/mol. The predicted octanol–water partition coefficient (Wildman–Crippen LogP) is 3.39. The largest absolute Gasteiger partial charge is 0.245 e. The summed E-state index contributed by atoms with van der Waals surface area (Å²) in [5, 5.41) is 0.888. The van der Waals surface area contributed by atoms with Crippen molar-refractivity contribution in [1.29, 1.82) is 0 Å². The third-order valence-electron chi connectivity index (χ3n) is 1.58. The Morgan fingerprint density at radius 3 is 2.43 bits per heavy atom.